The Labute approximate surface area is 154 Å². The van der Waals surface area contributed by atoms with Gasteiger partial charge in [-0.3, -0.25) is 0 Å². The number of hydrogen-bond donors (Lipinski definition) is 1. The predicted octanol–water partition coefficient (Wildman–Crippen LogP) is 3.10. The van der Waals surface area contributed by atoms with Gasteiger partial charge in [0.1, 0.15) is 0 Å². The smallest absolute Gasteiger partial charge is 0.317 e. The molecule has 0 unspecified atom stereocenters. The van der Waals surface area contributed by atoms with Crippen LogP contribution >= 0.6 is 0 Å². The first kappa shape index (κ1) is 17.1. The van der Waals surface area contributed by atoms with Gasteiger partial charge >= 0.3 is 6.03 Å². The first-order valence-electron chi connectivity index (χ1n) is 9.75. The minimum Gasteiger partial charge on any atom is -0.351 e. The fraction of sp³-hybridized carbons (Fsp3) is 0.550. The summed E-state index contributed by atoms with van der Waals surface area (Å²) in [7, 11) is 0. The van der Waals surface area contributed by atoms with E-state index >= 15 is 0 Å². The zero-order valence-corrected chi connectivity index (χ0v) is 15.4. The highest BCUT2D eigenvalue weighted by atomic mass is 16.2. The number of anilines is 1. The molecule has 1 aliphatic heterocycles. The molecule has 4 rings (SSSR count). The third-order valence-corrected chi connectivity index (χ3v) is 5.65. The Hall–Kier alpha value is -2.37. The number of aromatic nitrogens is 2. The molecule has 0 radical (unpaired) electrons. The van der Waals surface area contributed by atoms with E-state index in [4.69, 9.17) is 0 Å². The molecular weight excluding hydrogens is 326 g/mol. The molecule has 1 saturated carbocycles. The van der Waals surface area contributed by atoms with Gasteiger partial charge in [0.15, 0.2) is 5.82 Å². The molecule has 1 aromatic heterocycles. The normalized spacial score (nSPS) is 19.0. The van der Waals surface area contributed by atoms with Gasteiger partial charge in [-0.15, -0.1) is 5.10 Å². The molecule has 6 nitrogen and oxygen atoms in total. The van der Waals surface area contributed by atoms with Crippen LogP contribution in [0.4, 0.5) is 10.6 Å². The van der Waals surface area contributed by atoms with Crippen molar-refractivity contribution in [1.82, 2.24) is 20.4 Å². The van der Waals surface area contributed by atoms with E-state index in [1.165, 1.54) is 19.3 Å². The molecule has 0 bridgehead atoms. The summed E-state index contributed by atoms with van der Waals surface area (Å²) in [6.07, 6.45) is 6.01. The van der Waals surface area contributed by atoms with Crippen LogP contribution in [0.15, 0.2) is 24.3 Å². The zero-order valence-electron chi connectivity index (χ0n) is 15.4. The molecule has 6 heteroatoms. The standard InChI is InChI=1S/C20H27N5O/c1-15-17-9-5-6-10-18(17)19(23-22-15)24-11-13-25(14-12-24)20(26)21-16-7-3-2-4-8-16/h5-6,9-10,16H,2-4,7-8,11-14H2,1H3,(H,21,26). The van der Waals surface area contributed by atoms with Crippen molar-refractivity contribution >= 4 is 22.6 Å². The lowest BCUT2D eigenvalue weighted by molar-refractivity contribution is 0.186. The van der Waals surface area contributed by atoms with Crippen molar-refractivity contribution in [2.45, 2.75) is 45.1 Å². The molecular formula is C20H27N5O. The van der Waals surface area contributed by atoms with Crippen molar-refractivity contribution in [3.8, 4) is 0 Å². The highest BCUT2D eigenvalue weighted by Gasteiger charge is 2.25. The summed E-state index contributed by atoms with van der Waals surface area (Å²) in [5.74, 6) is 0.929. The van der Waals surface area contributed by atoms with E-state index in [0.717, 1.165) is 61.3 Å². The number of nitrogens with one attached hydrogen (secondary N) is 1. The van der Waals surface area contributed by atoms with Crippen LogP contribution in [0.25, 0.3) is 10.8 Å². The summed E-state index contributed by atoms with van der Waals surface area (Å²) in [6, 6.07) is 8.73. The van der Waals surface area contributed by atoms with E-state index in [1.807, 2.05) is 24.0 Å². The first-order valence-corrected chi connectivity index (χ1v) is 9.75. The van der Waals surface area contributed by atoms with Crippen LogP contribution < -0.4 is 10.2 Å². The molecule has 1 aliphatic carbocycles. The van der Waals surface area contributed by atoms with Crippen molar-refractivity contribution < 1.29 is 4.79 Å². The lowest BCUT2D eigenvalue weighted by Gasteiger charge is -2.36. The number of benzene rings is 1. The number of amides is 2. The Kier molecular flexibility index (Phi) is 4.91. The molecule has 2 amide bonds. The molecule has 2 aromatic rings. The summed E-state index contributed by atoms with van der Waals surface area (Å²) >= 11 is 0. The van der Waals surface area contributed by atoms with E-state index in [2.05, 4.69) is 32.5 Å². The number of hydrogen-bond acceptors (Lipinski definition) is 4. The van der Waals surface area contributed by atoms with E-state index < -0.39 is 0 Å². The van der Waals surface area contributed by atoms with Gasteiger partial charge in [-0.05, 0) is 19.8 Å². The van der Waals surface area contributed by atoms with E-state index in [-0.39, 0.29) is 6.03 Å². The van der Waals surface area contributed by atoms with Crippen LogP contribution in [-0.2, 0) is 0 Å². The topological polar surface area (TPSA) is 61.4 Å². The largest absolute Gasteiger partial charge is 0.351 e. The fourth-order valence-corrected chi connectivity index (χ4v) is 4.09. The molecule has 2 aliphatic rings. The minimum atomic E-state index is 0.0939. The minimum absolute atomic E-state index is 0.0939. The lowest BCUT2D eigenvalue weighted by atomic mass is 9.96. The van der Waals surface area contributed by atoms with Crippen molar-refractivity contribution in [2.24, 2.45) is 0 Å². The van der Waals surface area contributed by atoms with Gasteiger partial charge in [0.2, 0.25) is 0 Å². The monoisotopic (exact) mass is 353 g/mol. The molecule has 1 N–H and O–H groups in total. The van der Waals surface area contributed by atoms with Gasteiger partial charge in [0.25, 0.3) is 0 Å². The van der Waals surface area contributed by atoms with E-state index in [9.17, 15) is 4.79 Å². The van der Waals surface area contributed by atoms with Crippen molar-refractivity contribution in [3.63, 3.8) is 0 Å². The van der Waals surface area contributed by atoms with Crippen molar-refractivity contribution in [2.75, 3.05) is 31.1 Å². The third-order valence-electron chi connectivity index (χ3n) is 5.65. The molecule has 2 heterocycles. The van der Waals surface area contributed by atoms with Gasteiger partial charge in [-0.1, -0.05) is 43.5 Å². The number of fused-ring (bicyclic) bond motifs is 1. The maximum Gasteiger partial charge on any atom is 0.317 e. The van der Waals surface area contributed by atoms with Gasteiger partial charge in [0.05, 0.1) is 5.69 Å². The number of carbonyl (C=O) groups is 1. The Balaban J connectivity index is 1.41. The van der Waals surface area contributed by atoms with Crippen LogP contribution in [0.1, 0.15) is 37.8 Å². The molecule has 138 valence electrons. The quantitative estimate of drug-likeness (QED) is 0.901. The summed E-state index contributed by atoms with van der Waals surface area (Å²) in [4.78, 5) is 16.7. The van der Waals surface area contributed by atoms with Crippen LogP contribution in [0.5, 0.6) is 0 Å². The molecule has 0 spiro atoms. The van der Waals surface area contributed by atoms with E-state index in [0.29, 0.717) is 6.04 Å². The van der Waals surface area contributed by atoms with Gasteiger partial charge in [-0.2, -0.15) is 5.10 Å². The summed E-state index contributed by atoms with van der Waals surface area (Å²) in [5.41, 5.74) is 0.954. The molecule has 26 heavy (non-hydrogen) atoms. The Bertz CT molecular complexity index is 779. The number of carbonyl (C=O) groups excluding carboxylic acids is 1. The second kappa shape index (κ2) is 7.48. The van der Waals surface area contributed by atoms with Gasteiger partial charge in [0, 0.05) is 43.0 Å². The van der Waals surface area contributed by atoms with E-state index in [1.54, 1.807) is 0 Å². The van der Waals surface area contributed by atoms with Crippen LogP contribution in [0.3, 0.4) is 0 Å². The Morgan fingerprint density at radius 3 is 2.42 bits per heavy atom. The number of aryl methyl sites for hydroxylation is 1. The second-order valence-electron chi connectivity index (χ2n) is 7.41. The zero-order chi connectivity index (χ0) is 17.9. The predicted molar refractivity (Wildman–Crippen MR) is 103 cm³/mol. The Morgan fingerprint density at radius 1 is 1.00 bits per heavy atom. The average Bonchev–Trinajstić information content (AvgIpc) is 2.69. The summed E-state index contributed by atoms with van der Waals surface area (Å²) in [5, 5.41) is 14.3. The number of urea groups is 1. The maximum absolute atomic E-state index is 12.5. The molecule has 1 aromatic carbocycles. The van der Waals surface area contributed by atoms with Crippen molar-refractivity contribution in [3.05, 3.63) is 30.0 Å². The number of rotatable bonds is 2. The summed E-state index contributed by atoms with van der Waals surface area (Å²) in [6.45, 7) is 5.02. The summed E-state index contributed by atoms with van der Waals surface area (Å²) < 4.78 is 0. The molecule has 2 fully saturated rings. The highest BCUT2D eigenvalue weighted by molar-refractivity contribution is 5.93. The molecule has 1 saturated heterocycles. The van der Waals surface area contributed by atoms with Crippen LogP contribution in [-0.4, -0.2) is 53.3 Å². The van der Waals surface area contributed by atoms with Crippen LogP contribution in [0, 0.1) is 6.92 Å². The highest BCUT2D eigenvalue weighted by Crippen LogP contribution is 2.26. The number of piperazine rings is 1. The maximum atomic E-state index is 12.5. The second-order valence-corrected chi connectivity index (χ2v) is 7.41. The first-order chi connectivity index (χ1) is 12.7. The van der Waals surface area contributed by atoms with Crippen LogP contribution in [0.2, 0.25) is 0 Å². The Morgan fingerprint density at radius 2 is 1.69 bits per heavy atom. The lowest BCUT2D eigenvalue weighted by Crippen LogP contribution is -2.54. The fourth-order valence-electron chi connectivity index (χ4n) is 4.09. The van der Waals surface area contributed by atoms with Crippen molar-refractivity contribution in [1.29, 1.82) is 0 Å². The van der Waals surface area contributed by atoms with Gasteiger partial charge in [-0.25, -0.2) is 4.79 Å². The SMILES string of the molecule is Cc1nnc(N2CCN(C(=O)NC3CCCCC3)CC2)c2ccccc12. The third kappa shape index (κ3) is 3.45. The average molecular weight is 353 g/mol. The van der Waals surface area contributed by atoms with Gasteiger partial charge < -0.3 is 15.1 Å². The molecule has 0 atom stereocenters. The number of nitrogens with zero attached hydrogens (tertiary/aromatic N) is 4.